The van der Waals surface area contributed by atoms with Gasteiger partial charge in [0.05, 0.1) is 12.1 Å². The second-order valence-electron chi connectivity index (χ2n) is 12.6. The number of phenolic OH excluding ortho intramolecular Hbond substituents is 1. The van der Waals surface area contributed by atoms with Crippen LogP contribution in [0.15, 0.2) is 24.3 Å². The zero-order valence-corrected chi connectivity index (χ0v) is 26.9. The molecule has 0 heterocycles. The Hall–Kier alpha value is -3.47. The first-order chi connectivity index (χ1) is 20.1. The van der Waals surface area contributed by atoms with Crippen LogP contribution in [0.5, 0.6) is 5.75 Å². The molecule has 1 rings (SSSR count). The van der Waals surface area contributed by atoms with E-state index < -0.39 is 53.8 Å². The van der Waals surface area contributed by atoms with Gasteiger partial charge in [0.25, 0.3) is 0 Å². The van der Waals surface area contributed by atoms with E-state index in [9.17, 15) is 29.1 Å². The Morgan fingerprint density at radius 2 is 1.26 bits per heavy atom. The first-order valence-electron chi connectivity index (χ1n) is 15.2. The molecule has 7 N–H and O–H groups in total. The molecule has 43 heavy (non-hydrogen) atoms. The van der Waals surface area contributed by atoms with Crippen LogP contribution in [0.3, 0.4) is 0 Å². The molecule has 11 heteroatoms. The molecule has 0 aliphatic rings. The van der Waals surface area contributed by atoms with E-state index in [1.54, 1.807) is 26.0 Å². The largest absolute Gasteiger partial charge is 0.508 e. The average Bonchev–Trinajstić information content (AvgIpc) is 2.93. The van der Waals surface area contributed by atoms with E-state index in [0.717, 1.165) is 0 Å². The van der Waals surface area contributed by atoms with E-state index in [1.807, 2.05) is 47.8 Å². The van der Waals surface area contributed by atoms with Crippen molar-refractivity contribution in [2.24, 2.45) is 29.4 Å². The maximum atomic E-state index is 13.5. The molecule has 0 saturated carbocycles. The van der Waals surface area contributed by atoms with Crippen molar-refractivity contribution in [3.63, 3.8) is 0 Å². The molecule has 0 aliphatic carbocycles. The molecular formula is C32H52N5O6. The van der Waals surface area contributed by atoms with E-state index in [2.05, 4.69) is 21.3 Å². The monoisotopic (exact) mass is 602 g/mol. The van der Waals surface area contributed by atoms with Gasteiger partial charge in [0.15, 0.2) is 0 Å². The van der Waals surface area contributed by atoms with Gasteiger partial charge in [-0.1, -0.05) is 73.9 Å². The van der Waals surface area contributed by atoms with Gasteiger partial charge < -0.3 is 32.1 Å². The van der Waals surface area contributed by atoms with Gasteiger partial charge >= 0.3 is 0 Å². The van der Waals surface area contributed by atoms with Crippen molar-refractivity contribution in [3.8, 4) is 5.75 Å². The lowest BCUT2D eigenvalue weighted by Gasteiger charge is -2.29. The Labute approximate surface area is 256 Å². The molecule has 6 atom stereocenters. The Morgan fingerprint density at radius 1 is 0.767 bits per heavy atom. The van der Waals surface area contributed by atoms with Crippen LogP contribution < -0.4 is 27.0 Å². The number of rotatable bonds is 18. The van der Waals surface area contributed by atoms with Crippen LogP contribution in [-0.2, 0) is 30.4 Å². The third-order valence-electron chi connectivity index (χ3n) is 7.32. The topological polar surface area (TPSA) is 180 Å². The summed E-state index contributed by atoms with van der Waals surface area (Å²) in [6.07, 6.45) is 3.33. The van der Waals surface area contributed by atoms with Crippen LogP contribution in [-0.4, -0.2) is 65.2 Å². The summed E-state index contributed by atoms with van der Waals surface area (Å²) in [5, 5.41) is 20.4. The van der Waals surface area contributed by atoms with Crippen molar-refractivity contribution < 1.29 is 29.1 Å². The standard InChI is InChI=1S/C32H52N5O6/c1-9-21(8)27(33)31(42)36-25(14-18(2)3)29(40)35-26(15-19(4)5)30(41)37-28(20(6)7)32(43)34-23(17-38)16-22-10-12-24(39)13-11-22/h10-13,18-21,23,25-28,39H,9,14-16,33H2,1-8H3,(H,34,43)(H,35,40)(H,36,42)(H,37,41)/t21-,23-,25+,26+,27-,28-/m1/s1. The van der Waals surface area contributed by atoms with E-state index in [4.69, 9.17) is 5.73 Å². The summed E-state index contributed by atoms with van der Waals surface area (Å²) < 4.78 is 0. The summed E-state index contributed by atoms with van der Waals surface area (Å²) in [6, 6.07) is 1.65. The van der Waals surface area contributed by atoms with Gasteiger partial charge in [-0.3, -0.25) is 24.0 Å². The number of nitrogens with two attached hydrogens (primary N) is 1. The van der Waals surface area contributed by atoms with Gasteiger partial charge in [-0.15, -0.1) is 0 Å². The minimum atomic E-state index is -0.991. The van der Waals surface area contributed by atoms with Gasteiger partial charge in [-0.05, 0) is 54.2 Å². The number of amides is 4. The molecule has 1 aromatic rings. The minimum Gasteiger partial charge on any atom is -0.508 e. The lowest BCUT2D eigenvalue weighted by Crippen LogP contribution is -2.59. The lowest BCUT2D eigenvalue weighted by atomic mass is 9.97. The molecule has 1 radical (unpaired) electrons. The van der Waals surface area contributed by atoms with Crippen LogP contribution in [0.25, 0.3) is 0 Å². The van der Waals surface area contributed by atoms with Crippen LogP contribution in [0.2, 0.25) is 0 Å². The Kier molecular flexibility index (Phi) is 15.9. The number of carbonyl (C=O) groups is 4. The number of carbonyl (C=O) groups excluding carboxylic acids is 5. The molecule has 0 unspecified atom stereocenters. The molecule has 0 saturated heterocycles. The minimum absolute atomic E-state index is 0.0266. The molecule has 0 aromatic heterocycles. The second-order valence-corrected chi connectivity index (χ2v) is 12.6. The predicted molar refractivity (Wildman–Crippen MR) is 166 cm³/mol. The third-order valence-corrected chi connectivity index (χ3v) is 7.32. The number of benzene rings is 1. The van der Waals surface area contributed by atoms with Gasteiger partial charge in [-0.25, -0.2) is 0 Å². The van der Waals surface area contributed by atoms with Crippen molar-refractivity contribution in [1.29, 1.82) is 0 Å². The molecule has 0 aliphatic heterocycles. The lowest BCUT2D eigenvalue weighted by molar-refractivity contribution is -0.135. The van der Waals surface area contributed by atoms with Crippen LogP contribution in [0.4, 0.5) is 0 Å². The average molecular weight is 603 g/mol. The Balaban J connectivity index is 3.06. The molecule has 241 valence electrons. The molecule has 11 nitrogen and oxygen atoms in total. The normalized spacial score (nSPS) is 15.6. The maximum Gasteiger partial charge on any atom is 0.243 e. The van der Waals surface area contributed by atoms with E-state index in [1.165, 1.54) is 12.1 Å². The molecule has 4 amide bonds. The van der Waals surface area contributed by atoms with Gasteiger partial charge in [0, 0.05) is 6.42 Å². The second kappa shape index (κ2) is 18.3. The van der Waals surface area contributed by atoms with Crippen LogP contribution in [0, 0.1) is 23.7 Å². The SMILES string of the molecule is CC[C@@H](C)[C@@H](N)C(=O)N[C@@H](CC(C)C)C(=O)N[C@@H](CC(C)C)C(=O)N[C@@H](C(=O)N[C@@H]([C]=O)Cc1ccc(O)cc1)C(C)C. The summed E-state index contributed by atoms with van der Waals surface area (Å²) >= 11 is 0. The van der Waals surface area contributed by atoms with Crippen molar-refractivity contribution in [3.05, 3.63) is 29.8 Å². The van der Waals surface area contributed by atoms with E-state index in [0.29, 0.717) is 24.8 Å². The fraction of sp³-hybridized carbons (Fsp3) is 0.656. The zero-order valence-electron chi connectivity index (χ0n) is 26.9. The fourth-order valence-corrected chi connectivity index (χ4v) is 4.50. The summed E-state index contributed by atoms with van der Waals surface area (Å²) in [5.41, 5.74) is 6.80. The Bertz CT molecular complexity index is 1060. The number of hydrogen-bond acceptors (Lipinski definition) is 7. The molecule has 0 fully saturated rings. The highest BCUT2D eigenvalue weighted by atomic mass is 16.3. The first-order valence-corrected chi connectivity index (χ1v) is 15.2. The third kappa shape index (κ3) is 13.1. The number of aromatic hydroxyl groups is 1. The molecule has 0 spiro atoms. The van der Waals surface area contributed by atoms with E-state index in [-0.39, 0.29) is 35.8 Å². The van der Waals surface area contributed by atoms with Crippen molar-refractivity contribution in [2.45, 2.75) is 111 Å². The maximum absolute atomic E-state index is 13.5. The molecule has 0 bridgehead atoms. The summed E-state index contributed by atoms with van der Waals surface area (Å²) in [5.74, 6) is -2.27. The molecule has 1 aromatic carbocycles. The Morgan fingerprint density at radius 3 is 1.70 bits per heavy atom. The summed E-state index contributed by atoms with van der Waals surface area (Å²) in [7, 11) is 0. The highest BCUT2D eigenvalue weighted by Crippen LogP contribution is 2.13. The van der Waals surface area contributed by atoms with E-state index >= 15 is 0 Å². The fourth-order valence-electron chi connectivity index (χ4n) is 4.50. The van der Waals surface area contributed by atoms with Gasteiger partial charge in [0.2, 0.25) is 29.9 Å². The van der Waals surface area contributed by atoms with Crippen molar-refractivity contribution >= 4 is 29.9 Å². The zero-order chi connectivity index (χ0) is 32.9. The number of nitrogens with one attached hydrogen (secondary N) is 4. The van der Waals surface area contributed by atoms with Crippen molar-refractivity contribution in [1.82, 2.24) is 21.3 Å². The number of hydrogen-bond donors (Lipinski definition) is 6. The summed E-state index contributed by atoms with van der Waals surface area (Å²) in [6.45, 7) is 15.0. The van der Waals surface area contributed by atoms with Crippen molar-refractivity contribution in [2.75, 3.05) is 0 Å². The smallest absolute Gasteiger partial charge is 0.243 e. The highest BCUT2D eigenvalue weighted by Gasteiger charge is 2.33. The quantitative estimate of drug-likeness (QED) is 0.149. The predicted octanol–water partition coefficient (Wildman–Crippen LogP) is 2.11. The summed E-state index contributed by atoms with van der Waals surface area (Å²) in [4.78, 5) is 64.6. The molecular weight excluding hydrogens is 550 g/mol. The first kappa shape index (κ1) is 37.6. The van der Waals surface area contributed by atoms with Gasteiger partial charge in [-0.2, -0.15) is 0 Å². The highest BCUT2D eigenvalue weighted by molar-refractivity contribution is 5.95. The van der Waals surface area contributed by atoms with Gasteiger partial charge in [0.1, 0.15) is 23.9 Å². The van der Waals surface area contributed by atoms with Crippen LogP contribution in [0.1, 0.15) is 80.2 Å². The van der Waals surface area contributed by atoms with Crippen LogP contribution >= 0.6 is 0 Å². The number of phenols is 1.